The second-order valence-corrected chi connectivity index (χ2v) is 10.6. The maximum atomic E-state index is 13.9. The third kappa shape index (κ3) is 5.32. The monoisotopic (exact) mass is 583 g/mol. The lowest BCUT2D eigenvalue weighted by Gasteiger charge is -2.37. The number of hydrogen-bond donors (Lipinski definition) is 1. The van der Waals surface area contributed by atoms with Crippen LogP contribution >= 0.6 is 15.9 Å². The van der Waals surface area contributed by atoms with Gasteiger partial charge < -0.3 is 24.3 Å². The van der Waals surface area contributed by atoms with Crippen LogP contribution in [0.1, 0.15) is 63.0 Å². The largest absolute Gasteiger partial charge is 0.496 e. The number of esters is 1. The summed E-state index contributed by atoms with van der Waals surface area (Å²) in [6.45, 7) is 5.69. The summed E-state index contributed by atoms with van der Waals surface area (Å²) in [6.07, 6.45) is 1.35. The van der Waals surface area contributed by atoms with Crippen LogP contribution in [-0.2, 0) is 14.3 Å². The number of rotatable bonds is 8. The van der Waals surface area contributed by atoms with Crippen molar-refractivity contribution < 1.29 is 28.5 Å². The molecule has 0 spiro atoms. The number of ketones is 1. The topological polar surface area (TPSA) is 83.1 Å². The Morgan fingerprint density at radius 1 is 1.03 bits per heavy atom. The highest BCUT2D eigenvalue weighted by Crippen LogP contribution is 2.48. The number of carbonyl (C=O) groups is 2. The van der Waals surface area contributed by atoms with Crippen molar-refractivity contribution in [3.8, 4) is 17.2 Å². The van der Waals surface area contributed by atoms with Gasteiger partial charge in [0.2, 0.25) is 0 Å². The van der Waals surface area contributed by atoms with E-state index in [0.717, 1.165) is 21.3 Å². The van der Waals surface area contributed by atoms with E-state index >= 15 is 0 Å². The van der Waals surface area contributed by atoms with Crippen molar-refractivity contribution in [3.63, 3.8) is 0 Å². The predicted octanol–water partition coefficient (Wildman–Crippen LogP) is 6.18. The first-order valence-electron chi connectivity index (χ1n) is 12.7. The molecule has 2 aromatic carbocycles. The van der Waals surface area contributed by atoms with Crippen LogP contribution < -0.4 is 19.5 Å². The molecule has 0 saturated carbocycles. The quantitative estimate of drug-likeness (QED) is 0.371. The third-order valence-corrected chi connectivity index (χ3v) is 7.81. The van der Waals surface area contributed by atoms with Gasteiger partial charge in [0, 0.05) is 33.4 Å². The Kier molecular flexibility index (Phi) is 8.51. The van der Waals surface area contributed by atoms with Crippen molar-refractivity contribution in [1.29, 1.82) is 0 Å². The van der Waals surface area contributed by atoms with Gasteiger partial charge in [-0.2, -0.15) is 0 Å². The molecule has 1 heterocycles. The fourth-order valence-electron chi connectivity index (χ4n) is 5.22. The molecule has 1 aliphatic carbocycles. The molecule has 8 heteroatoms. The first kappa shape index (κ1) is 27.8. The zero-order chi connectivity index (χ0) is 27.6. The average Bonchev–Trinajstić information content (AvgIpc) is 2.91. The number of ether oxygens (including phenoxy) is 4. The van der Waals surface area contributed by atoms with Crippen LogP contribution in [0.5, 0.6) is 17.2 Å². The van der Waals surface area contributed by atoms with Crippen molar-refractivity contribution >= 4 is 27.7 Å². The van der Waals surface area contributed by atoms with Crippen molar-refractivity contribution in [3.05, 3.63) is 74.5 Å². The van der Waals surface area contributed by atoms with Gasteiger partial charge in [-0.1, -0.05) is 28.9 Å². The summed E-state index contributed by atoms with van der Waals surface area (Å²) < 4.78 is 23.2. The molecule has 3 atom stereocenters. The molecule has 1 N–H and O–H groups in total. The number of halogens is 1. The van der Waals surface area contributed by atoms with Crippen molar-refractivity contribution in [2.45, 2.75) is 58.0 Å². The number of carbonyl (C=O) groups excluding carboxylic acids is 2. The normalized spacial score (nSPS) is 19.9. The zero-order valence-corrected chi connectivity index (χ0v) is 24.2. The molecule has 2 aromatic rings. The van der Waals surface area contributed by atoms with Gasteiger partial charge >= 0.3 is 5.97 Å². The molecule has 38 heavy (non-hydrogen) atoms. The lowest BCUT2D eigenvalue weighted by Crippen LogP contribution is -2.36. The van der Waals surface area contributed by atoms with E-state index in [1.165, 1.54) is 0 Å². The number of hydrogen-bond acceptors (Lipinski definition) is 7. The first-order chi connectivity index (χ1) is 18.2. The molecule has 0 amide bonds. The Labute approximate surface area is 232 Å². The average molecular weight is 585 g/mol. The van der Waals surface area contributed by atoms with E-state index in [1.54, 1.807) is 21.3 Å². The van der Waals surface area contributed by atoms with Gasteiger partial charge in [-0.3, -0.25) is 4.79 Å². The number of Topliss-reactive ketones (excluding diaryl/α,β-unsaturated/α-hetero) is 1. The Hall–Kier alpha value is -3.26. The van der Waals surface area contributed by atoms with E-state index in [2.05, 4.69) is 21.2 Å². The molecule has 0 aromatic heterocycles. The molecular formula is C30H34BrNO6. The van der Waals surface area contributed by atoms with Gasteiger partial charge in [0.05, 0.1) is 38.9 Å². The Morgan fingerprint density at radius 3 is 2.37 bits per heavy atom. The van der Waals surface area contributed by atoms with Gasteiger partial charge in [-0.25, -0.2) is 4.79 Å². The summed E-state index contributed by atoms with van der Waals surface area (Å²) in [5, 5.41) is 3.40. The van der Waals surface area contributed by atoms with Gasteiger partial charge in [-0.15, -0.1) is 0 Å². The molecule has 1 aliphatic heterocycles. The molecule has 0 fully saturated rings. The molecule has 202 valence electrons. The van der Waals surface area contributed by atoms with Crippen LogP contribution in [0.4, 0.5) is 0 Å². The third-order valence-electron chi connectivity index (χ3n) is 7.31. The number of methoxy groups -OCH3 is 3. The highest BCUT2D eigenvalue weighted by atomic mass is 79.9. The Balaban J connectivity index is 1.82. The van der Waals surface area contributed by atoms with Crippen LogP contribution in [-0.4, -0.2) is 39.2 Å². The number of allylic oxidation sites excluding steroid dienone is 3. The zero-order valence-electron chi connectivity index (χ0n) is 22.6. The number of benzene rings is 2. The van der Waals surface area contributed by atoms with E-state index in [9.17, 15) is 9.59 Å². The fraction of sp³-hybridized carbons (Fsp3) is 0.400. The maximum absolute atomic E-state index is 13.9. The number of nitrogens with one attached hydrogen (secondary N) is 1. The highest BCUT2D eigenvalue weighted by Gasteiger charge is 2.42. The molecule has 0 unspecified atom stereocenters. The summed E-state index contributed by atoms with van der Waals surface area (Å²) in [5.74, 6) is 0.734. The number of dihydropyridines is 1. The van der Waals surface area contributed by atoms with Crippen molar-refractivity contribution in [1.82, 2.24) is 5.32 Å². The minimum atomic E-state index is -0.617. The Bertz CT molecular complexity index is 1310. The van der Waals surface area contributed by atoms with Crippen LogP contribution in [0, 0.1) is 0 Å². The molecule has 7 nitrogen and oxygen atoms in total. The highest BCUT2D eigenvalue weighted by molar-refractivity contribution is 9.10. The minimum Gasteiger partial charge on any atom is -0.496 e. The lowest BCUT2D eigenvalue weighted by molar-refractivity contribution is -0.144. The first-order valence-corrected chi connectivity index (χ1v) is 13.5. The van der Waals surface area contributed by atoms with Gasteiger partial charge in [-0.05, 0) is 68.5 Å². The van der Waals surface area contributed by atoms with Crippen LogP contribution in [0.2, 0.25) is 0 Å². The lowest BCUT2D eigenvalue weighted by atomic mass is 9.71. The predicted molar refractivity (Wildman–Crippen MR) is 149 cm³/mol. The minimum absolute atomic E-state index is 0.0214. The van der Waals surface area contributed by atoms with E-state index in [-0.39, 0.29) is 17.8 Å². The van der Waals surface area contributed by atoms with E-state index < -0.39 is 11.9 Å². The van der Waals surface area contributed by atoms with Crippen LogP contribution in [0.25, 0.3) is 0 Å². The van der Waals surface area contributed by atoms with E-state index in [4.69, 9.17) is 18.9 Å². The van der Waals surface area contributed by atoms with Crippen LogP contribution in [0.3, 0.4) is 0 Å². The van der Waals surface area contributed by atoms with Crippen LogP contribution in [0.15, 0.2) is 63.4 Å². The summed E-state index contributed by atoms with van der Waals surface area (Å²) in [5.41, 5.74) is 4.22. The molecule has 0 radical (unpaired) electrons. The standard InChI is InChI=1S/C30H34BrNO6/c1-7-16(2)38-30(34)27-17(3)32-22-12-19(18-8-10-25(36-5)26(14-18)37-6)13-23(33)29(22)28(27)21-15-20(31)9-11-24(21)35-4/h8-11,14-16,19,28,32H,7,12-13H2,1-6H3/t16-,19-,28-/m0/s1. The van der Waals surface area contributed by atoms with Crippen molar-refractivity contribution in [2.75, 3.05) is 21.3 Å². The van der Waals surface area contributed by atoms with Crippen molar-refractivity contribution in [2.24, 2.45) is 0 Å². The molecule has 0 saturated heterocycles. The molecule has 4 rings (SSSR count). The SMILES string of the molecule is CC[C@H](C)OC(=O)C1=C(C)NC2=C(C(=O)C[C@@H](c3ccc(OC)c(OC)c3)C2)[C@H]1c1cc(Br)ccc1OC. The van der Waals surface area contributed by atoms with Gasteiger partial charge in [0.25, 0.3) is 0 Å². The summed E-state index contributed by atoms with van der Waals surface area (Å²) in [4.78, 5) is 27.4. The maximum Gasteiger partial charge on any atom is 0.337 e. The molecular weight excluding hydrogens is 550 g/mol. The second kappa shape index (κ2) is 11.6. The summed E-state index contributed by atoms with van der Waals surface area (Å²) in [7, 11) is 4.79. The van der Waals surface area contributed by atoms with Gasteiger partial charge in [0.1, 0.15) is 5.75 Å². The van der Waals surface area contributed by atoms with E-state index in [0.29, 0.717) is 53.4 Å². The van der Waals surface area contributed by atoms with Gasteiger partial charge in [0.15, 0.2) is 17.3 Å². The summed E-state index contributed by atoms with van der Waals surface area (Å²) >= 11 is 3.56. The fourth-order valence-corrected chi connectivity index (χ4v) is 5.60. The Morgan fingerprint density at radius 2 is 1.71 bits per heavy atom. The van der Waals surface area contributed by atoms with E-state index in [1.807, 2.05) is 57.2 Å². The molecule has 2 aliphatic rings. The second-order valence-electron chi connectivity index (χ2n) is 9.64. The smallest absolute Gasteiger partial charge is 0.337 e. The molecule has 0 bridgehead atoms. The summed E-state index contributed by atoms with van der Waals surface area (Å²) in [6, 6.07) is 11.4.